The monoisotopic (exact) mass is 294 g/mol. The molecule has 0 spiro atoms. The van der Waals surface area contributed by atoms with E-state index in [1.807, 2.05) is 32.9 Å². The topological polar surface area (TPSA) is 62.8 Å². The second-order valence-corrected chi connectivity index (χ2v) is 5.77. The molecule has 0 fully saturated rings. The van der Waals surface area contributed by atoms with Gasteiger partial charge in [-0.2, -0.15) is 10.1 Å². The Morgan fingerprint density at radius 1 is 1.18 bits per heavy atom. The van der Waals surface area contributed by atoms with Crippen molar-refractivity contribution in [2.24, 2.45) is 0 Å². The highest BCUT2D eigenvalue weighted by molar-refractivity contribution is 6.33. The lowest BCUT2D eigenvalue weighted by molar-refractivity contribution is 0.236. The predicted octanol–water partition coefficient (Wildman–Crippen LogP) is 2.06. The van der Waals surface area contributed by atoms with Gasteiger partial charge in [0.25, 0.3) is 0 Å². The van der Waals surface area contributed by atoms with Gasteiger partial charge < -0.3 is 10.1 Å². The van der Waals surface area contributed by atoms with Gasteiger partial charge in [0.1, 0.15) is 13.7 Å². The first-order chi connectivity index (χ1) is 10.5. The zero-order valence-electron chi connectivity index (χ0n) is 13.3. The summed E-state index contributed by atoms with van der Waals surface area (Å²) in [6.45, 7) is 5.96. The maximum absolute atomic E-state index is 5.89. The number of rotatable bonds is 4. The van der Waals surface area contributed by atoms with Crippen molar-refractivity contribution in [1.29, 1.82) is 0 Å². The van der Waals surface area contributed by atoms with Gasteiger partial charge in [0.05, 0.1) is 6.10 Å². The largest absolute Gasteiger partial charge is 0.474 e. The smallest absolute Gasteiger partial charge is 0.223 e. The fourth-order valence-electron chi connectivity index (χ4n) is 2.32. The van der Waals surface area contributed by atoms with Gasteiger partial charge in [-0.25, -0.2) is 0 Å². The van der Waals surface area contributed by atoms with Crippen molar-refractivity contribution in [2.75, 3.05) is 5.32 Å². The zero-order chi connectivity index (χ0) is 15.7. The summed E-state index contributed by atoms with van der Waals surface area (Å²) in [6, 6.07) is 10.2. The molecule has 22 heavy (non-hydrogen) atoms. The lowest BCUT2D eigenvalue weighted by atomic mass is 9.94. The first-order valence-corrected chi connectivity index (χ1v) is 7.38. The van der Waals surface area contributed by atoms with Crippen LogP contribution in [0.15, 0.2) is 30.3 Å². The molecule has 0 saturated carbocycles. The Balaban J connectivity index is 2.05. The van der Waals surface area contributed by atoms with E-state index in [0.717, 1.165) is 28.1 Å². The van der Waals surface area contributed by atoms with Crippen LogP contribution in [0.2, 0.25) is 0 Å². The van der Waals surface area contributed by atoms with Crippen LogP contribution in [0.5, 0.6) is 5.88 Å². The normalized spacial score (nSPS) is 11.1. The number of pyridine rings is 1. The fourth-order valence-corrected chi connectivity index (χ4v) is 2.32. The van der Waals surface area contributed by atoms with E-state index >= 15 is 0 Å². The lowest BCUT2D eigenvalue weighted by Crippen LogP contribution is -2.09. The Labute approximate surface area is 130 Å². The Bertz CT molecular complexity index is 813. The molecular formula is C16H19BN4O. The molecule has 112 valence electrons. The average Bonchev–Trinajstić information content (AvgIpc) is 2.84. The number of nitrogens with zero attached hydrogens (tertiary/aromatic N) is 2. The van der Waals surface area contributed by atoms with Gasteiger partial charge in [-0.1, -0.05) is 23.7 Å². The van der Waals surface area contributed by atoms with Crippen molar-refractivity contribution in [2.45, 2.75) is 26.9 Å². The molecule has 2 N–H and O–H groups in total. The Morgan fingerprint density at radius 2 is 2.00 bits per heavy atom. The van der Waals surface area contributed by atoms with Crippen molar-refractivity contribution in [3.63, 3.8) is 0 Å². The summed E-state index contributed by atoms with van der Waals surface area (Å²) in [5.74, 6) is 2.11. The first-order valence-electron chi connectivity index (χ1n) is 7.38. The fraction of sp³-hybridized carbons (Fsp3) is 0.250. The van der Waals surface area contributed by atoms with E-state index in [-0.39, 0.29) is 6.10 Å². The zero-order valence-corrected chi connectivity index (χ0v) is 13.3. The van der Waals surface area contributed by atoms with Crippen LogP contribution in [0.4, 0.5) is 11.6 Å². The number of hydrogen-bond acceptors (Lipinski definition) is 4. The highest BCUT2D eigenvalue weighted by atomic mass is 16.5. The van der Waals surface area contributed by atoms with Gasteiger partial charge >= 0.3 is 0 Å². The van der Waals surface area contributed by atoms with Gasteiger partial charge in [0.2, 0.25) is 5.88 Å². The molecule has 0 atom stereocenters. The number of ether oxygens (including phenoxy) is 1. The molecule has 0 radical (unpaired) electrons. The summed E-state index contributed by atoms with van der Waals surface area (Å²) >= 11 is 0. The highest BCUT2D eigenvalue weighted by Crippen LogP contribution is 2.28. The van der Waals surface area contributed by atoms with Crippen LogP contribution in [0, 0.1) is 6.92 Å². The number of hydrogen-bond donors (Lipinski definition) is 2. The number of aromatic amines is 1. The first kappa shape index (κ1) is 14.4. The number of H-pyrrole nitrogens is 1. The minimum atomic E-state index is 0.0686. The Morgan fingerprint density at radius 3 is 2.68 bits per heavy atom. The third-order valence-corrected chi connectivity index (χ3v) is 3.26. The van der Waals surface area contributed by atoms with Crippen molar-refractivity contribution < 1.29 is 4.74 Å². The van der Waals surface area contributed by atoms with Crippen LogP contribution in [0.3, 0.4) is 0 Å². The van der Waals surface area contributed by atoms with E-state index in [2.05, 4.69) is 46.5 Å². The molecule has 0 aliphatic carbocycles. The summed E-state index contributed by atoms with van der Waals surface area (Å²) < 4.78 is 5.89. The van der Waals surface area contributed by atoms with E-state index in [1.54, 1.807) is 0 Å². The molecule has 2 aromatic heterocycles. The van der Waals surface area contributed by atoms with E-state index in [0.29, 0.717) is 5.88 Å². The molecule has 0 unspecified atom stereocenters. The molecule has 0 bridgehead atoms. The van der Waals surface area contributed by atoms with Crippen LogP contribution in [0.1, 0.15) is 19.5 Å². The van der Waals surface area contributed by atoms with Gasteiger partial charge in [0, 0.05) is 17.1 Å². The maximum Gasteiger partial charge on any atom is 0.223 e. The van der Waals surface area contributed by atoms with Crippen LogP contribution >= 0.6 is 0 Å². The average molecular weight is 294 g/mol. The lowest BCUT2D eigenvalue weighted by Gasteiger charge is -2.14. The third kappa shape index (κ3) is 3.06. The molecule has 1 aromatic carbocycles. The molecule has 6 heteroatoms. The summed E-state index contributed by atoms with van der Waals surface area (Å²) in [5, 5.41) is 12.4. The van der Waals surface area contributed by atoms with Crippen LogP contribution < -0.4 is 15.5 Å². The quantitative estimate of drug-likeness (QED) is 0.723. The minimum absolute atomic E-state index is 0.0686. The van der Waals surface area contributed by atoms with Gasteiger partial charge in [0.15, 0.2) is 5.82 Å². The molecule has 0 aliphatic rings. The summed E-state index contributed by atoms with van der Waals surface area (Å²) in [6.07, 6.45) is 0.0686. The summed E-state index contributed by atoms with van der Waals surface area (Å²) in [7, 11) is 2.07. The molecule has 3 rings (SSSR count). The molecular weight excluding hydrogens is 275 g/mol. The minimum Gasteiger partial charge on any atom is -0.474 e. The van der Waals surface area contributed by atoms with Gasteiger partial charge in [-0.05, 0) is 32.2 Å². The van der Waals surface area contributed by atoms with Gasteiger partial charge in [-0.15, -0.1) is 0 Å². The van der Waals surface area contributed by atoms with Crippen LogP contribution in [0.25, 0.3) is 10.8 Å². The summed E-state index contributed by atoms with van der Waals surface area (Å²) in [4.78, 5) is 4.60. The predicted molar refractivity (Wildman–Crippen MR) is 92.3 cm³/mol. The second-order valence-electron chi connectivity index (χ2n) is 5.77. The second kappa shape index (κ2) is 5.71. The van der Waals surface area contributed by atoms with Crippen LogP contribution in [-0.4, -0.2) is 29.1 Å². The molecule has 5 nitrogen and oxygen atoms in total. The molecule has 0 saturated heterocycles. The van der Waals surface area contributed by atoms with Crippen LogP contribution in [-0.2, 0) is 0 Å². The third-order valence-electron chi connectivity index (χ3n) is 3.26. The van der Waals surface area contributed by atoms with Crippen molar-refractivity contribution in [1.82, 2.24) is 15.2 Å². The van der Waals surface area contributed by atoms with E-state index in [9.17, 15) is 0 Å². The number of aryl methyl sites for hydroxylation is 1. The van der Waals surface area contributed by atoms with E-state index < -0.39 is 0 Å². The number of nitrogens with one attached hydrogen (secondary N) is 2. The summed E-state index contributed by atoms with van der Waals surface area (Å²) in [5.41, 5.74) is 2.18. The van der Waals surface area contributed by atoms with E-state index in [1.165, 1.54) is 5.46 Å². The Hall–Kier alpha value is -2.50. The van der Waals surface area contributed by atoms with Crippen molar-refractivity contribution >= 4 is 35.7 Å². The van der Waals surface area contributed by atoms with Crippen molar-refractivity contribution in [3.8, 4) is 5.88 Å². The highest BCUT2D eigenvalue weighted by Gasteiger charge is 2.10. The van der Waals surface area contributed by atoms with Crippen molar-refractivity contribution in [3.05, 3.63) is 36.0 Å². The number of anilines is 2. The Kier molecular flexibility index (Phi) is 3.75. The maximum atomic E-state index is 5.89. The molecule has 0 amide bonds. The number of benzene rings is 1. The molecule has 3 aromatic rings. The van der Waals surface area contributed by atoms with Gasteiger partial charge in [-0.3, -0.25) is 5.10 Å². The molecule has 2 heterocycles. The van der Waals surface area contributed by atoms with E-state index in [4.69, 9.17) is 4.74 Å². The SMILES string of the molecule is Bc1ccc2cc(Nc3cc(C)[nH]n3)nc(OC(C)C)c2c1. The standard InChI is InChI=1S/C16H19BN4O/c1-9(2)22-16-13-8-12(17)5-4-11(13)7-14(19-16)18-15-6-10(3)20-21-15/h4-9H,17H2,1-3H3,(H2,18,19,20,21). The number of fused-ring (bicyclic) bond motifs is 1. The molecule has 0 aliphatic heterocycles. The number of aromatic nitrogens is 3.